The second kappa shape index (κ2) is 6.63. The number of methoxy groups -OCH3 is 1. The number of rotatable bonds is 5. The van der Waals surface area contributed by atoms with Crippen molar-refractivity contribution in [2.75, 3.05) is 27.7 Å². The second-order valence-corrected chi connectivity index (χ2v) is 7.44. The molecule has 1 saturated heterocycles. The van der Waals surface area contributed by atoms with Crippen LogP contribution in [0.1, 0.15) is 26.1 Å². The monoisotopic (exact) mass is 358 g/mol. The Balaban J connectivity index is 1.66. The van der Waals surface area contributed by atoms with Crippen LogP contribution in [0, 0.1) is 5.92 Å². The molecule has 7 nitrogen and oxygen atoms in total. The van der Waals surface area contributed by atoms with E-state index < -0.39 is 5.54 Å². The number of carbonyl (C=O) groups excluding carboxylic acids is 2. The summed E-state index contributed by atoms with van der Waals surface area (Å²) >= 11 is 0. The van der Waals surface area contributed by atoms with Gasteiger partial charge in [-0.05, 0) is 26.0 Å². The predicted octanol–water partition coefficient (Wildman–Crippen LogP) is 1.83. The smallest absolute Gasteiger partial charge is 0.228 e. The number of fused-ring (bicyclic) bond motifs is 1. The summed E-state index contributed by atoms with van der Waals surface area (Å²) in [7, 11) is 5.18. The van der Waals surface area contributed by atoms with Crippen molar-refractivity contribution in [3.05, 3.63) is 24.0 Å². The first-order chi connectivity index (χ1) is 12.2. The maximum absolute atomic E-state index is 12.8. The van der Waals surface area contributed by atoms with E-state index in [1.54, 1.807) is 31.0 Å². The number of imidazole rings is 1. The minimum absolute atomic E-state index is 0.00507. The fourth-order valence-electron chi connectivity index (χ4n) is 3.44. The Bertz CT molecular complexity index is 842. The van der Waals surface area contributed by atoms with Gasteiger partial charge in [0.2, 0.25) is 11.8 Å². The number of aromatic nitrogens is 2. The van der Waals surface area contributed by atoms with Crippen molar-refractivity contribution in [2.24, 2.45) is 5.92 Å². The molecule has 1 fully saturated rings. The average Bonchev–Trinajstić information content (AvgIpc) is 3.12. The highest BCUT2D eigenvalue weighted by Gasteiger charge is 2.48. The fourth-order valence-corrected chi connectivity index (χ4v) is 3.44. The van der Waals surface area contributed by atoms with Crippen LogP contribution in [0.15, 0.2) is 18.2 Å². The quantitative estimate of drug-likeness (QED) is 0.884. The van der Waals surface area contributed by atoms with Crippen molar-refractivity contribution in [3.8, 4) is 5.75 Å². The molecule has 2 amide bonds. The lowest BCUT2D eigenvalue weighted by Gasteiger charge is -2.34. The van der Waals surface area contributed by atoms with Gasteiger partial charge in [-0.2, -0.15) is 0 Å². The third-order valence-corrected chi connectivity index (χ3v) is 5.57. The van der Waals surface area contributed by atoms with Crippen LogP contribution in [0.4, 0.5) is 0 Å². The van der Waals surface area contributed by atoms with E-state index in [-0.39, 0.29) is 24.2 Å². The van der Waals surface area contributed by atoms with Crippen LogP contribution < -0.4 is 4.74 Å². The molecule has 0 saturated carbocycles. The van der Waals surface area contributed by atoms with E-state index >= 15 is 0 Å². The van der Waals surface area contributed by atoms with Gasteiger partial charge in [0.15, 0.2) is 0 Å². The van der Waals surface area contributed by atoms with Crippen LogP contribution in [-0.2, 0) is 16.0 Å². The molecule has 1 atom stereocenters. The highest BCUT2D eigenvalue weighted by atomic mass is 16.5. The van der Waals surface area contributed by atoms with Gasteiger partial charge in [0.1, 0.15) is 11.6 Å². The molecule has 0 bridgehead atoms. The number of H-pyrrole nitrogens is 1. The number of ether oxygens (including phenoxy) is 1. The molecular weight excluding hydrogens is 332 g/mol. The third-order valence-electron chi connectivity index (χ3n) is 5.57. The summed E-state index contributed by atoms with van der Waals surface area (Å²) in [5, 5.41) is 0. The molecule has 2 heterocycles. The summed E-state index contributed by atoms with van der Waals surface area (Å²) in [6.07, 6.45) is 0.896. The van der Waals surface area contributed by atoms with E-state index in [0.717, 1.165) is 22.6 Å². The van der Waals surface area contributed by atoms with Crippen molar-refractivity contribution in [2.45, 2.75) is 32.2 Å². The molecule has 3 rings (SSSR count). The zero-order chi connectivity index (χ0) is 19.1. The van der Waals surface area contributed by atoms with Crippen LogP contribution >= 0.6 is 0 Å². The molecule has 1 aliphatic heterocycles. The summed E-state index contributed by atoms with van der Waals surface area (Å²) in [4.78, 5) is 36.0. The Hall–Kier alpha value is -2.57. The number of likely N-dealkylation sites (N-methyl/N-ethyl adjacent to an activating group) is 1. The van der Waals surface area contributed by atoms with E-state index in [2.05, 4.69) is 9.97 Å². The number of nitrogens with one attached hydrogen (secondary N) is 1. The molecule has 1 aromatic heterocycles. The van der Waals surface area contributed by atoms with Gasteiger partial charge in [-0.3, -0.25) is 9.59 Å². The lowest BCUT2D eigenvalue weighted by molar-refractivity contribution is -0.136. The first-order valence-electron chi connectivity index (χ1n) is 8.78. The van der Waals surface area contributed by atoms with Gasteiger partial charge >= 0.3 is 0 Å². The number of hydrogen-bond donors (Lipinski definition) is 1. The highest BCUT2D eigenvalue weighted by molar-refractivity contribution is 5.90. The third kappa shape index (κ3) is 3.13. The number of benzene rings is 1. The van der Waals surface area contributed by atoms with E-state index in [4.69, 9.17) is 4.74 Å². The van der Waals surface area contributed by atoms with Crippen LogP contribution in [0.3, 0.4) is 0 Å². The standard InChI is InChI=1S/C19H26N4O3/c1-19(2)13(11-17(24)23(19)4)18(25)22(3)9-8-16-20-14-7-6-12(26-5)10-15(14)21-16/h6-7,10,13H,8-9,11H2,1-5H3,(H,20,21)/t13-/m0/s1. The molecule has 26 heavy (non-hydrogen) atoms. The van der Waals surface area contributed by atoms with Gasteiger partial charge < -0.3 is 19.5 Å². The number of carbonyl (C=O) groups is 2. The van der Waals surface area contributed by atoms with Crippen molar-refractivity contribution < 1.29 is 14.3 Å². The molecule has 0 spiro atoms. The first-order valence-corrected chi connectivity index (χ1v) is 8.78. The lowest BCUT2D eigenvalue weighted by atomic mass is 9.87. The minimum atomic E-state index is -0.460. The molecule has 1 aromatic carbocycles. The molecule has 7 heteroatoms. The maximum Gasteiger partial charge on any atom is 0.228 e. The van der Waals surface area contributed by atoms with Gasteiger partial charge in [-0.15, -0.1) is 0 Å². The molecule has 2 aromatic rings. The lowest BCUT2D eigenvalue weighted by Crippen LogP contribution is -2.47. The number of hydrogen-bond acceptors (Lipinski definition) is 4. The van der Waals surface area contributed by atoms with E-state index in [0.29, 0.717) is 13.0 Å². The van der Waals surface area contributed by atoms with Crippen molar-refractivity contribution >= 4 is 22.8 Å². The average molecular weight is 358 g/mol. The maximum atomic E-state index is 12.8. The van der Waals surface area contributed by atoms with Crippen molar-refractivity contribution in [1.29, 1.82) is 0 Å². The van der Waals surface area contributed by atoms with E-state index in [9.17, 15) is 9.59 Å². The fraction of sp³-hybridized carbons (Fsp3) is 0.526. The summed E-state index contributed by atoms with van der Waals surface area (Å²) in [6.45, 7) is 4.43. The summed E-state index contributed by atoms with van der Waals surface area (Å²) < 4.78 is 5.22. The van der Waals surface area contributed by atoms with Gasteiger partial charge in [0, 0.05) is 45.1 Å². The molecule has 0 unspecified atom stereocenters. The Morgan fingerprint density at radius 1 is 1.46 bits per heavy atom. The Morgan fingerprint density at radius 3 is 2.81 bits per heavy atom. The SMILES string of the molecule is COc1ccc2nc(CCN(C)C(=O)[C@@H]3CC(=O)N(C)C3(C)C)[nH]c2c1. The van der Waals surface area contributed by atoms with Gasteiger partial charge in [0.05, 0.1) is 24.1 Å². The number of amides is 2. The second-order valence-electron chi connectivity index (χ2n) is 7.44. The number of aromatic amines is 1. The zero-order valence-electron chi connectivity index (χ0n) is 16.0. The van der Waals surface area contributed by atoms with Crippen LogP contribution in [0.2, 0.25) is 0 Å². The van der Waals surface area contributed by atoms with Crippen LogP contribution in [0.5, 0.6) is 5.75 Å². The summed E-state index contributed by atoms with van der Waals surface area (Å²) in [6, 6.07) is 5.69. The minimum Gasteiger partial charge on any atom is -0.497 e. The van der Waals surface area contributed by atoms with E-state index in [1.807, 2.05) is 32.0 Å². The highest BCUT2D eigenvalue weighted by Crippen LogP contribution is 2.35. The van der Waals surface area contributed by atoms with Gasteiger partial charge in [0.25, 0.3) is 0 Å². The molecule has 0 aliphatic carbocycles. The van der Waals surface area contributed by atoms with E-state index in [1.165, 1.54) is 0 Å². The Morgan fingerprint density at radius 2 is 2.19 bits per heavy atom. The first kappa shape index (κ1) is 18.2. The molecular formula is C19H26N4O3. The molecule has 1 aliphatic rings. The topological polar surface area (TPSA) is 78.5 Å². The molecule has 0 radical (unpaired) electrons. The number of nitrogens with zero attached hydrogens (tertiary/aromatic N) is 3. The normalized spacial score (nSPS) is 19.2. The van der Waals surface area contributed by atoms with Gasteiger partial charge in [-0.1, -0.05) is 0 Å². The van der Waals surface area contributed by atoms with Crippen LogP contribution in [0.25, 0.3) is 11.0 Å². The van der Waals surface area contributed by atoms with Gasteiger partial charge in [-0.25, -0.2) is 4.98 Å². The zero-order valence-corrected chi connectivity index (χ0v) is 16.0. The molecule has 1 N–H and O–H groups in total. The largest absolute Gasteiger partial charge is 0.497 e. The van der Waals surface area contributed by atoms with Crippen LogP contribution in [-0.4, -0.2) is 64.9 Å². The van der Waals surface area contributed by atoms with Crippen molar-refractivity contribution in [1.82, 2.24) is 19.8 Å². The number of likely N-dealkylation sites (tertiary alicyclic amines) is 1. The summed E-state index contributed by atoms with van der Waals surface area (Å²) in [5.74, 6) is 1.31. The van der Waals surface area contributed by atoms with Crippen molar-refractivity contribution in [3.63, 3.8) is 0 Å². The predicted molar refractivity (Wildman–Crippen MR) is 98.9 cm³/mol. The Labute approximate surface area is 153 Å². The molecule has 140 valence electrons. The Kier molecular flexibility index (Phi) is 4.64. The summed E-state index contributed by atoms with van der Waals surface area (Å²) in [5.41, 5.74) is 1.33.